The molecule has 0 saturated carbocycles. The van der Waals surface area contributed by atoms with Crippen LogP contribution in [0.25, 0.3) is 10.6 Å². The highest BCUT2D eigenvalue weighted by Gasteiger charge is 2.37. The summed E-state index contributed by atoms with van der Waals surface area (Å²) >= 11 is 1.52. The molecule has 0 radical (unpaired) electrons. The van der Waals surface area contributed by atoms with Gasteiger partial charge in [-0.05, 0) is 26.2 Å². The van der Waals surface area contributed by atoms with Crippen LogP contribution in [0.4, 0.5) is 0 Å². The van der Waals surface area contributed by atoms with Crippen LogP contribution < -0.4 is 0 Å². The quantitative estimate of drug-likeness (QED) is 0.761. The summed E-state index contributed by atoms with van der Waals surface area (Å²) in [7, 11) is 0. The number of carbonyl (C=O) groups is 1. The molecule has 1 spiro atoms. The number of nitrogens with zero attached hydrogens (tertiary/aromatic N) is 2. The predicted octanol–water partition coefficient (Wildman–Crippen LogP) is 4.15. The highest BCUT2D eigenvalue weighted by atomic mass is 32.1. The standard InChI is InChI=1S/C20H22N2O2S/c1-15-7-12-24-20(13-15)8-10-22(11-9-20)19(23)17-14-25-18(21-17)16-5-3-2-4-6-16/h2-6,13-14H,7-12H2,1H3. The van der Waals surface area contributed by atoms with Gasteiger partial charge in [0.15, 0.2) is 0 Å². The minimum atomic E-state index is -0.156. The van der Waals surface area contributed by atoms with Crippen molar-refractivity contribution < 1.29 is 9.53 Å². The third kappa shape index (κ3) is 3.39. The van der Waals surface area contributed by atoms with E-state index in [2.05, 4.69) is 18.0 Å². The number of hydrogen-bond acceptors (Lipinski definition) is 4. The van der Waals surface area contributed by atoms with Gasteiger partial charge in [-0.2, -0.15) is 0 Å². The summed E-state index contributed by atoms with van der Waals surface area (Å²) in [6.07, 6.45) is 5.03. The van der Waals surface area contributed by atoms with Crippen molar-refractivity contribution in [3.63, 3.8) is 0 Å². The number of benzene rings is 1. The number of amides is 1. The summed E-state index contributed by atoms with van der Waals surface area (Å²) in [4.78, 5) is 19.3. The molecule has 5 heteroatoms. The molecular weight excluding hydrogens is 332 g/mol. The Morgan fingerprint density at radius 1 is 1.24 bits per heavy atom. The summed E-state index contributed by atoms with van der Waals surface area (Å²) in [5.41, 5.74) is 2.85. The van der Waals surface area contributed by atoms with Crippen molar-refractivity contribution in [1.82, 2.24) is 9.88 Å². The first-order valence-corrected chi connectivity index (χ1v) is 9.66. The van der Waals surface area contributed by atoms with Crippen molar-refractivity contribution in [3.8, 4) is 10.6 Å². The largest absolute Gasteiger partial charge is 0.370 e. The van der Waals surface area contributed by atoms with Crippen molar-refractivity contribution in [2.45, 2.75) is 31.8 Å². The van der Waals surface area contributed by atoms with E-state index in [-0.39, 0.29) is 11.5 Å². The number of carbonyl (C=O) groups excluding carboxylic acids is 1. The smallest absolute Gasteiger partial charge is 0.273 e. The van der Waals surface area contributed by atoms with Gasteiger partial charge in [0.05, 0.1) is 12.2 Å². The van der Waals surface area contributed by atoms with Gasteiger partial charge in [0.2, 0.25) is 0 Å². The van der Waals surface area contributed by atoms with E-state index in [0.29, 0.717) is 5.69 Å². The summed E-state index contributed by atoms with van der Waals surface area (Å²) < 4.78 is 6.04. The van der Waals surface area contributed by atoms with E-state index in [4.69, 9.17) is 4.74 Å². The number of aromatic nitrogens is 1. The minimum absolute atomic E-state index is 0.0322. The molecule has 0 bridgehead atoms. The van der Waals surface area contributed by atoms with E-state index in [1.165, 1.54) is 16.9 Å². The number of thiazole rings is 1. The van der Waals surface area contributed by atoms with E-state index in [9.17, 15) is 4.79 Å². The summed E-state index contributed by atoms with van der Waals surface area (Å²) in [5.74, 6) is 0.0322. The van der Waals surface area contributed by atoms with E-state index in [1.54, 1.807) is 0 Å². The Hall–Kier alpha value is -1.98. The Morgan fingerprint density at radius 3 is 2.72 bits per heavy atom. The molecule has 25 heavy (non-hydrogen) atoms. The normalized spacial score (nSPS) is 19.7. The molecule has 0 aliphatic carbocycles. The topological polar surface area (TPSA) is 42.4 Å². The second-order valence-electron chi connectivity index (χ2n) is 6.85. The van der Waals surface area contributed by atoms with E-state index in [1.807, 2.05) is 40.6 Å². The van der Waals surface area contributed by atoms with Crippen LogP contribution in [0.2, 0.25) is 0 Å². The van der Waals surface area contributed by atoms with Crippen LogP contribution in [0, 0.1) is 0 Å². The van der Waals surface area contributed by atoms with Gasteiger partial charge in [-0.25, -0.2) is 4.98 Å². The zero-order valence-electron chi connectivity index (χ0n) is 14.4. The molecule has 1 saturated heterocycles. The molecule has 2 aromatic rings. The second-order valence-corrected chi connectivity index (χ2v) is 7.71. The Morgan fingerprint density at radius 2 is 2.00 bits per heavy atom. The highest BCUT2D eigenvalue weighted by Crippen LogP contribution is 2.33. The van der Waals surface area contributed by atoms with Crippen LogP contribution in [-0.4, -0.2) is 41.1 Å². The van der Waals surface area contributed by atoms with E-state index >= 15 is 0 Å². The minimum Gasteiger partial charge on any atom is -0.370 e. The zero-order chi connectivity index (χ0) is 17.3. The van der Waals surface area contributed by atoms with Gasteiger partial charge in [0.1, 0.15) is 10.7 Å². The predicted molar refractivity (Wildman–Crippen MR) is 99.7 cm³/mol. The molecule has 0 atom stereocenters. The molecule has 3 heterocycles. The average Bonchev–Trinajstić information content (AvgIpc) is 3.13. The van der Waals surface area contributed by atoms with Crippen molar-refractivity contribution in [3.05, 3.63) is 53.1 Å². The molecule has 1 fully saturated rings. The van der Waals surface area contributed by atoms with Crippen LogP contribution in [0.1, 0.15) is 36.7 Å². The van der Waals surface area contributed by atoms with Gasteiger partial charge in [0, 0.05) is 24.0 Å². The first-order chi connectivity index (χ1) is 12.2. The van der Waals surface area contributed by atoms with Crippen LogP contribution in [0.15, 0.2) is 47.4 Å². The van der Waals surface area contributed by atoms with Crippen LogP contribution in [0.5, 0.6) is 0 Å². The molecule has 2 aliphatic rings. The molecule has 4 nitrogen and oxygen atoms in total. The van der Waals surface area contributed by atoms with Crippen molar-refractivity contribution in [2.75, 3.05) is 19.7 Å². The summed E-state index contributed by atoms with van der Waals surface area (Å²) in [5, 5.41) is 2.77. The van der Waals surface area contributed by atoms with Crippen molar-refractivity contribution in [1.29, 1.82) is 0 Å². The lowest BCUT2D eigenvalue weighted by Gasteiger charge is -2.42. The maximum absolute atomic E-state index is 12.8. The number of piperidine rings is 1. The Kier molecular flexibility index (Phi) is 4.44. The summed E-state index contributed by atoms with van der Waals surface area (Å²) in [6.45, 7) is 4.41. The number of ether oxygens (including phenoxy) is 1. The third-order valence-corrected chi connectivity index (χ3v) is 5.93. The molecule has 1 aromatic carbocycles. The molecular formula is C20H22N2O2S. The number of hydrogen-bond donors (Lipinski definition) is 0. The SMILES string of the molecule is CC1=CC2(CCN(C(=O)c3csc(-c4ccccc4)n3)CC2)OCC1. The molecule has 130 valence electrons. The van der Waals surface area contributed by atoms with Crippen LogP contribution in [-0.2, 0) is 4.74 Å². The monoisotopic (exact) mass is 354 g/mol. The zero-order valence-corrected chi connectivity index (χ0v) is 15.2. The maximum Gasteiger partial charge on any atom is 0.273 e. The molecule has 1 aromatic heterocycles. The Bertz CT molecular complexity index is 789. The van der Waals surface area contributed by atoms with Gasteiger partial charge in [-0.1, -0.05) is 42.0 Å². The molecule has 2 aliphatic heterocycles. The number of rotatable bonds is 2. The average molecular weight is 354 g/mol. The number of likely N-dealkylation sites (tertiary alicyclic amines) is 1. The maximum atomic E-state index is 12.8. The molecule has 0 N–H and O–H groups in total. The van der Waals surface area contributed by atoms with Crippen LogP contribution >= 0.6 is 11.3 Å². The fourth-order valence-electron chi connectivity index (χ4n) is 3.60. The van der Waals surface area contributed by atoms with Gasteiger partial charge < -0.3 is 9.64 Å². The Balaban J connectivity index is 1.45. The van der Waals surface area contributed by atoms with Crippen molar-refractivity contribution in [2.24, 2.45) is 0 Å². The van der Waals surface area contributed by atoms with E-state index in [0.717, 1.165) is 49.5 Å². The molecule has 1 amide bonds. The summed E-state index contributed by atoms with van der Waals surface area (Å²) in [6, 6.07) is 10.00. The lowest BCUT2D eigenvalue weighted by molar-refractivity contribution is -0.0522. The van der Waals surface area contributed by atoms with E-state index < -0.39 is 0 Å². The Labute approximate surface area is 152 Å². The molecule has 0 unspecified atom stereocenters. The fourth-order valence-corrected chi connectivity index (χ4v) is 4.40. The van der Waals surface area contributed by atoms with Crippen LogP contribution in [0.3, 0.4) is 0 Å². The second kappa shape index (κ2) is 6.73. The highest BCUT2D eigenvalue weighted by molar-refractivity contribution is 7.13. The van der Waals surface area contributed by atoms with Gasteiger partial charge >= 0.3 is 0 Å². The van der Waals surface area contributed by atoms with Gasteiger partial charge in [-0.3, -0.25) is 4.79 Å². The fraction of sp³-hybridized carbons (Fsp3) is 0.400. The first-order valence-electron chi connectivity index (χ1n) is 8.78. The third-order valence-electron chi connectivity index (χ3n) is 5.04. The molecule has 4 rings (SSSR count). The van der Waals surface area contributed by atoms with Crippen molar-refractivity contribution >= 4 is 17.2 Å². The van der Waals surface area contributed by atoms with Gasteiger partial charge in [0.25, 0.3) is 5.91 Å². The van der Waals surface area contributed by atoms with Gasteiger partial charge in [-0.15, -0.1) is 11.3 Å². The lowest BCUT2D eigenvalue weighted by atomic mass is 9.87. The lowest BCUT2D eigenvalue weighted by Crippen LogP contribution is -2.48. The first kappa shape index (κ1) is 16.5.